The van der Waals surface area contributed by atoms with Gasteiger partial charge in [-0.2, -0.15) is 0 Å². The molecule has 39 heavy (non-hydrogen) atoms. The van der Waals surface area contributed by atoms with Gasteiger partial charge in [-0.25, -0.2) is 0 Å². The van der Waals surface area contributed by atoms with E-state index in [1.807, 2.05) is 37.3 Å². The highest BCUT2D eigenvalue weighted by molar-refractivity contribution is 8.00. The Kier molecular flexibility index (Phi) is 6.41. The Labute approximate surface area is 231 Å². The minimum atomic E-state index is -1.05. The second kappa shape index (κ2) is 10.0. The first-order valence-electron chi connectivity index (χ1n) is 12.0. The molecule has 0 aliphatic carbocycles. The van der Waals surface area contributed by atoms with Gasteiger partial charge in [0.2, 0.25) is 10.9 Å². The van der Waals surface area contributed by atoms with E-state index in [4.69, 9.17) is 4.42 Å². The fraction of sp³-hybridized carbons (Fsp3) is 0.103. The molecule has 1 aliphatic heterocycles. The maximum atomic E-state index is 13.7. The summed E-state index contributed by atoms with van der Waals surface area (Å²) in [7, 11) is 0. The Balaban J connectivity index is 1.36. The largest absolute Gasteiger partial charge is 0.508 e. The number of carbonyl (C=O) groups is 2. The van der Waals surface area contributed by atoms with Crippen LogP contribution in [0.25, 0.3) is 11.0 Å². The standard InChI is InChI=1S/C29H21N3O5S2/c1-16-9-11-17(12-10-16)15-38-29-31-30-28(39-29)32-24(19-6-4-7-20(33)13-19)23(26(35)27(32)36)25(34)22-14-18-5-2-3-8-21(18)37-22/h2-14,24,33,35H,15H2,1H3. The minimum Gasteiger partial charge on any atom is -0.508 e. The number of benzene rings is 3. The summed E-state index contributed by atoms with van der Waals surface area (Å²) >= 11 is 2.66. The zero-order valence-corrected chi connectivity index (χ0v) is 22.2. The number of furan rings is 1. The first-order valence-corrected chi connectivity index (χ1v) is 13.8. The number of anilines is 1. The molecule has 1 aliphatic rings. The molecule has 0 bridgehead atoms. The van der Waals surface area contributed by atoms with Gasteiger partial charge < -0.3 is 14.6 Å². The molecule has 8 nitrogen and oxygen atoms in total. The van der Waals surface area contributed by atoms with Gasteiger partial charge in [-0.1, -0.05) is 83.3 Å². The molecule has 0 saturated heterocycles. The van der Waals surface area contributed by atoms with E-state index < -0.39 is 23.5 Å². The van der Waals surface area contributed by atoms with Gasteiger partial charge in [-0.3, -0.25) is 14.5 Å². The predicted molar refractivity (Wildman–Crippen MR) is 149 cm³/mol. The number of aromatic hydroxyl groups is 1. The van der Waals surface area contributed by atoms with Crippen LogP contribution < -0.4 is 4.90 Å². The molecule has 1 unspecified atom stereocenters. The molecule has 2 N–H and O–H groups in total. The van der Waals surface area contributed by atoms with Crippen LogP contribution in [0.3, 0.4) is 0 Å². The number of aryl methyl sites for hydroxylation is 1. The van der Waals surface area contributed by atoms with Crippen molar-refractivity contribution in [3.05, 3.63) is 113 Å². The summed E-state index contributed by atoms with van der Waals surface area (Å²) in [6.07, 6.45) is 0. The number of Topliss-reactive ketones (excluding diaryl/α,β-unsaturated/α-hetero) is 1. The van der Waals surface area contributed by atoms with Crippen molar-refractivity contribution in [2.24, 2.45) is 0 Å². The number of ketones is 1. The number of hydrogen-bond acceptors (Lipinski definition) is 9. The van der Waals surface area contributed by atoms with Gasteiger partial charge >= 0.3 is 0 Å². The molecule has 1 amide bonds. The summed E-state index contributed by atoms with van der Waals surface area (Å²) in [6.45, 7) is 2.03. The van der Waals surface area contributed by atoms with Crippen LogP contribution in [0.15, 0.2) is 99.0 Å². The first kappa shape index (κ1) is 24.9. The van der Waals surface area contributed by atoms with E-state index in [9.17, 15) is 19.8 Å². The lowest BCUT2D eigenvalue weighted by Crippen LogP contribution is -2.31. The van der Waals surface area contributed by atoms with Crippen LogP contribution in [0.1, 0.15) is 33.3 Å². The average molecular weight is 556 g/mol. The highest BCUT2D eigenvalue weighted by Crippen LogP contribution is 2.44. The molecule has 1 atom stereocenters. The zero-order valence-electron chi connectivity index (χ0n) is 20.6. The number of hydrogen-bond donors (Lipinski definition) is 2. The highest BCUT2D eigenvalue weighted by Gasteiger charge is 2.47. The number of phenolic OH excluding ortho intramolecular Hbond substituents is 1. The van der Waals surface area contributed by atoms with Crippen molar-refractivity contribution in [3.8, 4) is 5.75 Å². The van der Waals surface area contributed by atoms with Gasteiger partial charge in [0.15, 0.2) is 15.9 Å². The lowest BCUT2D eigenvalue weighted by Gasteiger charge is -2.23. The van der Waals surface area contributed by atoms with Gasteiger partial charge in [0.05, 0.1) is 11.6 Å². The predicted octanol–water partition coefficient (Wildman–Crippen LogP) is 6.37. The van der Waals surface area contributed by atoms with Crippen LogP contribution >= 0.6 is 23.1 Å². The van der Waals surface area contributed by atoms with Crippen molar-refractivity contribution < 1.29 is 24.2 Å². The van der Waals surface area contributed by atoms with E-state index in [0.717, 1.165) is 10.9 Å². The van der Waals surface area contributed by atoms with Gasteiger partial charge in [0, 0.05) is 11.1 Å². The topological polar surface area (TPSA) is 117 Å². The quantitative estimate of drug-likeness (QED) is 0.135. The number of phenols is 1. The molecule has 10 heteroatoms. The van der Waals surface area contributed by atoms with Crippen LogP contribution in [0, 0.1) is 6.92 Å². The second-order valence-electron chi connectivity index (χ2n) is 9.04. The van der Waals surface area contributed by atoms with Gasteiger partial charge in [0.25, 0.3) is 5.91 Å². The maximum absolute atomic E-state index is 13.7. The number of aliphatic hydroxyl groups excluding tert-OH is 1. The summed E-state index contributed by atoms with van der Waals surface area (Å²) in [4.78, 5) is 28.4. The molecule has 194 valence electrons. The Bertz CT molecular complexity index is 1720. The third-order valence-corrected chi connectivity index (χ3v) is 8.50. The van der Waals surface area contributed by atoms with Crippen molar-refractivity contribution in [3.63, 3.8) is 0 Å². The third kappa shape index (κ3) is 4.68. The molecule has 0 spiro atoms. The highest BCUT2D eigenvalue weighted by atomic mass is 32.2. The zero-order chi connectivity index (χ0) is 27.1. The van der Waals surface area contributed by atoms with Crippen molar-refractivity contribution in [2.45, 2.75) is 23.1 Å². The summed E-state index contributed by atoms with van der Waals surface area (Å²) in [5, 5.41) is 30.6. The fourth-order valence-electron chi connectivity index (χ4n) is 4.46. The first-order chi connectivity index (χ1) is 18.9. The molecule has 3 aromatic carbocycles. The van der Waals surface area contributed by atoms with Crippen LogP contribution in [-0.4, -0.2) is 32.1 Å². The molecular formula is C29H21N3O5S2. The van der Waals surface area contributed by atoms with Gasteiger partial charge in [-0.15, -0.1) is 10.2 Å². The van der Waals surface area contributed by atoms with E-state index in [1.54, 1.807) is 36.4 Å². The molecule has 0 fully saturated rings. The van der Waals surface area contributed by atoms with Crippen molar-refractivity contribution in [2.75, 3.05) is 4.90 Å². The van der Waals surface area contributed by atoms with E-state index in [2.05, 4.69) is 10.2 Å². The number of fused-ring (bicyclic) bond motifs is 1. The summed E-state index contributed by atoms with van der Waals surface area (Å²) in [6, 6.07) is 22.1. The molecular weight excluding hydrogens is 534 g/mol. The monoisotopic (exact) mass is 555 g/mol. The minimum absolute atomic E-state index is 0.0100. The van der Waals surface area contributed by atoms with Gasteiger partial charge in [0.1, 0.15) is 11.3 Å². The van der Waals surface area contributed by atoms with E-state index in [0.29, 0.717) is 21.2 Å². The average Bonchev–Trinajstić information content (AvgIpc) is 3.64. The smallest absolute Gasteiger partial charge is 0.296 e. The number of para-hydroxylation sites is 1. The molecule has 5 aromatic rings. The molecule has 0 radical (unpaired) electrons. The van der Waals surface area contributed by atoms with Crippen LogP contribution in [0.5, 0.6) is 5.75 Å². The van der Waals surface area contributed by atoms with Crippen molar-refractivity contribution in [1.82, 2.24) is 10.2 Å². The maximum Gasteiger partial charge on any atom is 0.296 e. The number of nitrogens with zero attached hydrogens (tertiary/aromatic N) is 3. The molecule has 6 rings (SSSR count). The molecule has 0 saturated carbocycles. The number of aromatic nitrogens is 2. The lowest BCUT2D eigenvalue weighted by molar-refractivity contribution is -0.117. The summed E-state index contributed by atoms with van der Waals surface area (Å²) in [5.74, 6) is -1.51. The van der Waals surface area contributed by atoms with E-state index in [1.165, 1.54) is 45.7 Å². The molecule has 2 aromatic heterocycles. The molecule has 3 heterocycles. The van der Waals surface area contributed by atoms with Crippen molar-refractivity contribution in [1.29, 1.82) is 0 Å². The van der Waals surface area contributed by atoms with E-state index in [-0.39, 0.29) is 22.2 Å². The van der Waals surface area contributed by atoms with Crippen LogP contribution in [0.2, 0.25) is 0 Å². The Hall–Kier alpha value is -4.41. The lowest BCUT2D eigenvalue weighted by atomic mass is 9.95. The van der Waals surface area contributed by atoms with Gasteiger partial charge in [-0.05, 0) is 42.3 Å². The second-order valence-corrected chi connectivity index (χ2v) is 11.2. The normalized spacial score (nSPS) is 15.5. The number of rotatable bonds is 7. The van der Waals surface area contributed by atoms with Crippen LogP contribution in [0.4, 0.5) is 5.13 Å². The number of aliphatic hydroxyl groups is 1. The number of thioether (sulfide) groups is 1. The van der Waals surface area contributed by atoms with E-state index >= 15 is 0 Å². The Morgan fingerprint density at radius 2 is 1.82 bits per heavy atom. The fourth-order valence-corrected chi connectivity index (χ4v) is 6.28. The SMILES string of the molecule is Cc1ccc(CSc2nnc(N3C(=O)C(O)=C(C(=O)c4cc5ccccc5o4)C3c3cccc(O)c3)s2)cc1. The summed E-state index contributed by atoms with van der Waals surface area (Å²) < 4.78 is 6.39. The number of amides is 1. The Morgan fingerprint density at radius 1 is 1.03 bits per heavy atom. The summed E-state index contributed by atoms with van der Waals surface area (Å²) in [5.41, 5.74) is 3.07. The van der Waals surface area contributed by atoms with Crippen LogP contribution in [-0.2, 0) is 10.5 Å². The number of carbonyl (C=O) groups excluding carboxylic acids is 2. The third-order valence-electron chi connectivity index (χ3n) is 6.37. The Morgan fingerprint density at radius 3 is 2.59 bits per heavy atom. The van der Waals surface area contributed by atoms with Crippen molar-refractivity contribution >= 4 is 50.9 Å².